The van der Waals surface area contributed by atoms with Gasteiger partial charge < -0.3 is 10.3 Å². The number of rotatable bonds is 6. The van der Waals surface area contributed by atoms with Gasteiger partial charge in [-0.25, -0.2) is 24.3 Å². The highest BCUT2D eigenvalue weighted by molar-refractivity contribution is 5.71. The number of hydrogen-bond donors (Lipinski definition) is 2. The van der Waals surface area contributed by atoms with E-state index in [2.05, 4.69) is 31.9 Å². The van der Waals surface area contributed by atoms with Gasteiger partial charge in [-0.15, -0.1) is 4.98 Å². The molecule has 0 aliphatic heterocycles. The molecular formula is C18H21FN7+. The molecule has 3 aromatic rings. The minimum atomic E-state index is -0.409. The molecule has 134 valence electrons. The molecule has 0 radical (unpaired) electrons. The van der Waals surface area contributed by atoms with Crippen LogP contribution in [0.25, 0.3) is 11.5 Å². The van der Waals surface area contributed by atoms with Crippen LogP contribution >= 0.6 is 0 Å². The van der Waals surface area contributed by atoms with Crippen molar-refractivity contribution in [1.29, 1.82) is 0 Å². The SMILES string of the molecule is CCCc1nc([NH+]=C(C)N)cnc1Cn1ccnc1-c1ncccc1F. The molecule has 3 aromatic heterocycles. The maximum absolute atomic E-state index is 14.1. The molecule has 3 N–H and O–H groups in total. The Morgan fingerprint density at radius 2 is 2.08 bits per heavy atom. The van der Waals surface area contributed by atoms with Crippen molar-refractivity contribution in [1.82, 2.24) is 24.5 Å². The number of nitrogens with zero attached hydrogens (tertiary/aromatic N) is 5. The number of hydrogen-bond acceptors (Lipinski definition) is 4. The number of halogens is 1. The van der Waals surface area contributed by atoms with Crippen molar-refractivity contribution < 1.29 is 9.38 Å². The van der Waals surface area contributed by atoms with E-state index in [1.165, 1.54) is 6.07 Å². The Labute approximate surface area is 150 Å². The van der Waals surface area contributed by atoms with Crippen LogP contribution in [0.3, 0.4) is 0 Å². The van der Waals surface area contributed by atoms with Crippen LogP contribution in [0.1, 0.15) is 31.7 Å². The first kappa shape index (κ1) is 17.7. The van der Waals surface area contributed by atoms with Gasteiger partial charge in [0.05, 0.1) is 12.2 Å². The largest absolute Gasteiger partial charge is 0.323 e. The van der Waals surface area contributed by atoms with Gasteiger partial charge in [0.1, 0.15) is 17.6 Å². The van der Waals surface area contributed by atoms with Gasteiger partial charge in [0.2, 0.25) is 0 Å². The Kier molecular flexibility index (Phi) is 5.31. The van der Waals surface area contributed by atoms with Crippen LogP contribution in [-0.4, -0.2) is 30.3 Å². The van der Waals surface area contributed by atoms with Crippen LogP contribution in [0.2, 0.25) is 0 Å². The first-order valence-corrected chi connectivity index (χ1v) is 8.41. The molecular weight excluding hydrogens is 333 g/mol. The van der Waals surface area contributed by atoms with E-state index in [4.69, 9.17) is 5.73 Å². The Bertz CT molecular complexity index is 929. The fraction of sp³-hybridized carbons (Fsp3) is 0.278. The van der Waals surface area contributed by atoms with Crippen molar-refractivity contribution in [2.24, 2.45) is 5.73 Å². The number of pyridine rings is 1. The maximum atomic E-state index is 14.1. The normalized spacial score (nSPS) is 11.7. The summed E-state index contributed by atoms with van der Waals surface area (Å²) in [6.07, 6.45) is 8.31. The summed E-state index contributed by atoms with van der Waals surface area (Å²) >= 11 is 0. The predicted molar refractivity (Wildman–Crippen MR) is 96.0 cm³/mol. The van der Waals surface area contributed by atoms with Gasteiger partial charge in [-0.3, -0.25) is 0 Å². The average molecular weight is 354 g/mol. The van der Waals surface area contributed by atoms with Crippen LogP contribution in [0.5, 0.6) is 0 Å². The Balaban J connectivity index is 1.96. The molecule has 26 heavy (non-hydrogen) atoms. The Morgan fingerprint density at radius 1 is 1.23 bits per heavy atom. The van der Waals surface area contributed by atoms with Crippen LogP contribution < -0.4 is 10.7 Å². The van der Waals surface area contributed by atoms with Crippen molar-refractivity contribution >= 4 is 11.7 Å². The molecule has 0 bridgehead atoms. The summed E-state index contributed by atoms with van der Waals surface area (Å²) in [5, 5.41) is 0. The zero-order valence-corrected chi connectivity index (χ0v) is 14.8. The lowest BCUT2D eigenvalue weighted by Crippen LogP contribution is -2.69. The van der Waals surface area contributed by atoms with E-state index >= 15 is 0 Å². The Morgan fingerprint density at radius 3 is 2.81 bits per heavy atom. The van der Waals surface area contributed by atoms with Gasteiger partial charge in [-0.05, 0) is 18.6 Å². The number of amidine groups is 1. The summed E-state index contributed by atoms with van der Waals surface area (Å²) in [6, 6.07) is 2.93. The quantitative estimate of drug-likeness (QED) is 0.508. The molecule has 0 spiro atoms. The summed E-state index contributed by atoms with van der Waals surface area (Å²) in [5.41, 5.74) is 7.58. The molecule has 0 aliphatic rings. The number of imidazole rings is 1. The van der Waals surface area contributed by atoms with Gasteiger partial charge in [0.25, 0.3) is 5.82 Å². The van der Waals surface area contributed by atoms with Crippen molar-refractivity contribution in [3.8, 4) is 11.5 Å². The van der Waals surface area contributed by atoms with Crippen LogP contribution in [0.4, 0.5) is 10.2 Å². The highest BCUT2D eigenvalue weighted by Gasteiger charge is 2.16. The fourth-order valence-electron chi connectivity index (χ4n) is 2.65. The standard InChI is InChI=1S/C18H20FN7/c1-3-5-14-15(23-10-16(25-14)24-12(2)20)11-26-9-8-22-18(26)17-13(19)6-4-7-21-17/h4,6-10H,3,5,11H2,1-2H3,(H2,20,24,25)/p+1. The fourth-order valence-corrected chi connectivity index (χ4v) is 2.65. The van der Waals surface area contributed by atoms with E-state index in [-0.39, 0.29) is 5.69 Å². The smallest absolute Gasteiger partial charge is 0.278 e. The van der Waals surface area contributed by atoms with Crippen LogP contribution in [0.15, 0.2) is 36.9 Å². The number of aromatic nitrogens is 5. The molecule has 0 amide bonds. The minimum Gasteiger partial charge on any atom is -0.323 e. The van der Waals surface area contributed by atoms with E-state index in [0.717, 1.165) is 24.2 Å². The summed E-state index contributed by atoms with van der Waals surface area (Å²) in [7, 11) is 0. The van der Waals surface area contributed by atoms with Gasteiger partial charge in [-0.1, -0.05) is 6.92 Å². The van der Waals surface area contributed by atoms with E-state index in [1.54, 1.807) is 37.8 Å². The van der Waals surface area contributed by atoms with Crippen molar-refractivity contribution in [2.45, 2.75) is 33.2 Å². The number of nitrogens with one attached hydrogen (secondary N) is 1. The minimum absolute atomic E-state index is 0.217. The zero-order chi connectivity index (χ0) is 18.5. The maximum Gasteiger partial charge on any atom is 0.278 e. The average Bonchev–Trinajstić information content (AvgIpc) is 3.05. The summed E-state index contributed by atoms with van der Waals surface area (Å²) in [4.78, 5) is 20.5. The monoisotopic (exact) mass is 354 g/mol. The van der Waals surface area contributed by atoms with Gasteiger partial charge in [-0.2, -0.15) is 0 Å². The lowest BCUT2D eigenvalue weighted by Gasteiger charge is -2.09. The highest BCUT2D eigenvalue weighted by Crippen LogP contribution is 2.20. The summed E-state index contributed by atoms with van der Waals surface area (Å²) in [5.74, 6) is 1.21. The topological polar surface area (TPSA) is 96.5 Å². The lowest BCUT2D eigenvalue weighted by atomic mass is 10.2. The highest BCUT2D eigenvalue weighted by atomic mass is 19.1. The molecule has 0 aliphatic carbocycles. The van der Waals surface area contributed by atoms with Gasteiger partial charge in [0.15, 0.2) is 17.5 Å². The molecule has 0 aromatic carbocycles. The lowest BCUT2D eigenvalue weighted by molar-refractivity contribution is -0.361. The molecule has 0 saturated carbocycles. The molecule has 0 fully saturated rings. The second kappa shape index (κ2) is 7.81. The number of nitrogens with two attached hydrogens (primary N) is 1. The predicted octanol–water partition coefficient (Wildman–Crippen LogP) is 0.964. The third-order valence-corrected chi connectivity index (χ3v) is 3.75. The van der Waals surface area contributed by atoms with E-state index < -0.39 is 5.82 Å². The van der Waals surface area contributed by atoms with Crippen molar-refractivity contribution in [3.63, 3.8) is 0 Å². The van der Waals surface area contributed by atoms with Gasteiger partial charge in [0, 0.05) is 31.9 Å². The molecule has 0 saturated heterocycles. The van der Waals surface area contributed by atoms with Crippen molar-refractivity contribution in [2.75, 3.05) is 0 Å². The first-order valence-electron chi connectivity index (χ1n) is 8.41. The molecule has 8 heteroatoms. The van der Waals surface area contributed by atoms with Crippen molar-refractivity contribution in [3.05, 3.63) is 54.1 Å². The molecule has 3 rings (SSSR count). The molecule has 3 heterocycles. The van der Waals surface area contributed by atoms with E-state index in [1.807, 2.05) is 4.57 Å². The zero-order valence-electron chi connectivity index (χ0n) is 14.8. The third kappa shape index (κ3) is 3.90. The number of aryl methyl sites for hydroxylation is 1. The van der Waals surface area contributed by atoms with Crippen LogP contribution in [0, 0.1) is 5.82 Å². The second-order valence-electron chi connectivity index (χ2n) is 5.92. The molecule has 7 nitrogen and oxygen atoms in total. The Hall–Kier alpha value is -3.16. The van der Waals surface area contributed by atoms with Crippen LogP contribution in [-0.2, 0) is 13.0 Å². The van der Waals surface area contributed by atoms with Gasteiger partial charge >= 0.3 is 0 Å². The summed E-state index contributed by atoms with van der Waals surface area (Å²) in [6.45, 7) is 4.27. The molecule has 0 unspecified atom stereocenters. The third-order valence-electron chi connectivity index (χ3n) is 3.75. The second-order valence-corrected chi connectivity index (χ2v) is 5.92. The first-order chi connectivity index (χ1) is 12.6. The summed E-state index contributed by atoms with van der Waals surface area (Å²) < 4.78 is 15.9. The van der Waals surface area contributed by atoms with E-state index in [9.17, 15) is 4.39 Å². The molecule has 0 atom stereocenters. The van der Waals surface area contributed by atoms with E-state index in [0.29, 0.717) is 24.0 Å².